The maximum absolute atomic E-state index is 13.7. The molecule has 15 heteroatoms. The first kappa shape index (κ1) is 27.9. The molecule has 0 bridgehead atoms. The molecule has 37 heavy (non-hydrogen) atoms. The molecule has 0 fully saturated rings. The van der Waals surface area contributed by atoms with Gasteiger partial charge >= 0.3 is 16.2 Å². The number of fused-ring (bicyclic) bond motifs is 1. The summed E-state index contributed by atoms with van der Waals surface area (Å²) in [4.78, 5) is 42.1. The molecule has 0 aliphatic carbocycles. The molecule has 0 saturated heterocycles. The van der Waals surface area contributed by atoms with Crippen LogP contribution in [0, 0.1) is 11.6 Å². The van der Waals surface area contributed by atoms with E-state index in [4.69, 9.17) is 0 Å². The van der Waals surface area contributed by atoms with E-state index < -0.39 is 39.8 Å². The molecular weight excluding hydrogens is 530 g/mol. The van der Waals surface area contributed by atoms with Crippen molar-refractivity contribution < 1.29 is 31.6 Å². The normalized spacial score (nSPS) is 12.1. The van der Waals surface area contributed by atoms with Gasteiger partial charge in [0.1, 0.15) is 17.7 Å². The number of amides is 4. The van der Waals surface area contributed by atoms with Crippen molar-refractivity contribution in [1.82, 2.24) is 25.1 Å². The van der Waals surface area contributed by atoms with Gasteiger partial charge in [0.05, 0.1) is 15.7 Å². The standard InChI is InChI=1S/C22H24F2N6O5S2/c1-13(31)25-5-6-27-37(34,35)29-22(33)28-19(9-14-7-15(23)10-16(24)8-14)21(32)30(2)17-3-4-20-18(11-17)26-12-36-20/h3-4,7-8,10-12,19,27H,5-6,9H2,1-2H3,(H,25,31)(H2,28,29,33)/t19-/m0/s1. The third-order valence-corrected chi connectivity index (χ3v) is 6.86. The van der Waals surface area contributed by atoms with Gasteiger partial charge in [-0.3, -0.25) is 9.59 Å². The Balaban J connectivity index is 1.77. The van der Waals surface area contributed by atoms with E-state index >= 15 is 0 Å². The van der Waals surface area contributed by atoms with Gasteiger partial charge in [-0.15, -0.1) is 11.3 Å². The largest absolute Gasteiger partial charge is 0.355 e. The average Bonchev–Trinajstić information content (AvgIpc) is 3.27. The number of hydrogen-bond acceptors (Lipinski definition) is 7. The number of likely N-dealkylation sites (N-methyl/N-ethyl adjacent to an activating group) is 1. The summed E-state index contributed by atoms with van der Waals surface area (Å²) in [6.45, 7) is 1.04. The SMILES string of the molecule is CC(=O)NCCNS(=O)(=O)NC(=O)N[C@@H](Cc1cc(F)cc(F)c1)C(=O)N(C)c1ccc2scnc2c1. The summed E-state index contributed by atoms with van der Waals surface area (Å²) >= 11 is 1.41. The number of carbonyl (C=O) groups excluding carboxylic acids is 3. The molecule has 4 amide bonds. The van der Waals surface area contributed by atoms with Crippen molar-refractivity contribution >= 4 is 55.3 Å². The van der Waals surface area contributed by atoms with Crippen LogP contribution in [-0.4, -0.2) is 57.4 Å². The maximum Gasteiger partial charge on any atom is 0.330 e. The lowest BCUT2D eigenvalue weighted by molar-refractivity contribution is -0.120. The third kappa shape index (κ3) is 8.16. The van der Waals surface area contributed by atoms with Gasteiger partial charge in [0.15, 0.2) is 0 Å². The molecule has 3 rings (SSSR count). The smallest absolute Gasteiger partial charge is 0.330 e. The first-order valence-corrected chi connectivity index (χ1v) is 13.2. The van der Waals surface area contributed by atoms with E-state index in [0.29, 0.717) is 17.3 Å². The molecule has 1 aromatic heterocycles. The van der Waals surface area contributed by atoms with Crippen molar-refractivity contribution in [3.63, 3.8) is 0 Å². The van der Waals surface area contributed by atoms with Gasteiger partial charge in [0.2, 0.25) is 11.8 Å². The zero-order valence-electron chi connectivity index (χ0n) is 19.7. The summed E-state index contributed by atoms with van der Waals surface area (Å²) < 4.78 is 56.4. The fourth-order valence-corrected chi connectivity index (χ4v) is 4.75. The lowest BCUT2D eigenvalue weighted by Crippen LogP contribution is -2.54. The number of rotatable bonds is 10. The third-order valence-electron chi connectivity index (χ3n) is 5.02. The zero-order valence-corrected chi connectivity index (χ0v) is 21.4. The van der Waals surface area contributed by atoms with Gasteiger partial charge in [-0.2, -0.15) is 13.1 Å². The van der Waals surface area contributed by atoms with Crippen LogP contribution in [0.25, 0.3) is 10.2 Å². The molecule has 3 aromatic rings. The molecule has 0 aliphatic rings. The number of nitrogens with zero attached hydrogens (tertiary/aromatic N) is 2. The molecule has 1 atom stereocenters. The molecule has 198 valence electrons. The highest BCUT2D eigenvalue weighted by Crippen LogP contribution is 2.24. The van der Waals surface area contributed by atoms with Crippen LogP contribution < -0.4 is 25.0 Å². The van der Waals surface area contributed by atoms with E-state index in [1.54, 1.807) is 28.4 Å². The fourth-order valence-electron chi connectivity index (χ4n) is 3.35. The number of hydrogen-bond donors (Lipinski definition) is 4. The number of benzene rings is 2. The van der Waals surface area contributed by atoms with Crippen LogP contribution in [0.4, 0.5) is 19.3 Å². The Bertz CT molecular complexity index is 1400. The Kier molecular flexibility index (Phi) is 9.07. The molecule has 0 saturated carbocycles. The molecule has 0 radical (unpaired) electrons. The number of aromatic nitrogens is 1. The van der Waals surface area contributed by atoms with Gasteiger partial charge < -0.3 is 15.5 Å². The van der Waals surface area contributed by atoms with Crippen molar-refractivity contribution in [1.29, 1.82) is 0 Å². The van der Waals surface area contributed by atoms with Gasteiger partial charge in [0, 0.05) is 45.2 Å². The minimum atomic E-state index is -4.34. The van der Waals surface area contributed by atoms with Crippen LogP contribution in [0.2, 0.25) is 0 Å². The maximum atomic E-state index is 13.7. The first-order chi connectivity index (χ1) is 17.4. The Morgan fingerprint density at radius 3 is 2.46 bits per heavy atom. The van der Waals surface area contributed by atoms with E-state index in [1.807, 2.05) is 0 Å². The zero-order chi connectivity index (χ0) is 27.2. The molecule has 0 aliphatic heterocycles. The quantitative estimate of drug-likeness (QED) is 0.279. The van der Waals surface area contributed by atoms with Crippen LogP contribution in [0.5, 0.6) is 0 Å². The second kappa shape index (κ2) is 12.0. The minimum Gasteiger partial charge on any atom is -0.355 e. The predicted molar refractivity (Wildman–Crippen MR) is 134 cm³/mol. The van der Waals surface area contributed by atoms with Crippen LogP contribution in [-0.2, 0) is 26.2 Å². The van der Waals surface area contributed by atoms with Crippen LogP contribution in [0.1, 0.15) is 12.5 Å². The summed E-state index contributed by atoms with van der Waals surface area (Å²) in [6.07, 6.45) is -0.333. The highest BCUT2D eigenvalue weighted by Gasteiger charge is 2.27. The molecular formula is C22H24F2N6O5S2. The Morgan fingerprint density at radius 1 is 1.08 bits per heavy atom. The highest BCUT2D eigenvalue weighted by molar-refractivity contribution is 7.88. The lowest BCUT2D eigenvalue weighted by Gasteiger charge is -2.25. The van der Waals surface area contributed by atoms with E-state index in [9.17, 15) is 31.6 Å². The van der Waals surface area contributed by atoms with Gasteiger partial charge in [0.25, 0.3) is 0 Å². The lowest BCUT2D eigenvalue weighted by atomic mass is 10.0. The van der Waals surface area contributed by atoms with Gasteiger partial charge in [-0.05, 0) is 35.9 Å². The topological polar surface area (TPSA) is 150 Å². The molecule has 0 unspecified atom stereocenters. The highest BCUT2D eigenvalue weighted by atomic mass is 32.2. The van der Waals surface area contributed by atoms with Crippen molar-refractivity contribution in [3.8, 4) is 0 Å². The number of urea groups is 1. The number of thiazole rings is 1. The molecule has 1 heterocycles. The second-order valence-electron chi connectivity index (χ2n) is 7.89. The van der Waals surface area contributed by atoms with Crippen LogP contribution in [0.15, 0.2) is 41.9 Å². The van der Waals surface area contributed by atoms with Crippen molar-refractivity contribution in [2.75, 3.05) is 25.0 Å². The van der Waals surface area contributed by atoms with Gasteiger partial charge in [-0.25, -0.2) is 23.3 Å². The minimum absolute atomic E-state index is 0.0156. The summed E-state index contributed by atoms with van der Waals surface area (Å²) in [7, 11) is -2.90. The van der Waals surface area contributed by atoms with E-state index in [1.165, 1.54) is 30.2 Å². The molecule has 2 aromatic carbocycles. The van der Waals surface area contributed by atoms with E-state index in [0.717, 1.165) is 16.8 Å². The monoisotopic (exact) mass is 554 g/mol. The number of halogens is 2. The fraction of sp³-hybridized carbons (Fsp3) is 0.273. The summed E-state index contributed by atoms with van der Waals surface area (Å²) in [5.41, 5.74) is 2.80. The van der Waals surface area contributed by atoms with Crippen molar-refractivity contribution in [2.45, 2.75) is 19.4 Å². The Hall–Kier alpha value is -3.69. The number of nitrogens with one attached hydrogen (secondary N) is 4. The number of carbonyl (C=O) groups is 3. The second-order valence-corrected chi connectivity index (χ2v) is 10.3. The van der Waals surface area contributed by atoms with Crippen LogP contribution >= 0.6 is 11.3 Å². The summed E-state index contributed by atoms with van der Waals surface area (Å²) in [5.74, 6) is -2.79. The molecule has 0 spiro atoms. The Labute approximate surface area is 215 Å². The van der Waals surface area contributed by atoms with Crippen LogP contribution in [0.3, 0.4) is 0 Å². The molecule has 4 N–H and O–H groups in total. The molecule has 11 nitrogen and oxygen atoms in total. The predicted octanol–water partition coefficient (Wildman–Crippen LogP) is 1.42. The first-order valence-electron chi connectivity index (χ1n) is 10.8. The van der Waals surface area contributed by atoms with E-state index in [-0.39, 0.29) is 31.0 Å². The van der Waals surface area contributed by atoms with Crippen molar-refractivity contribution in [2.24, 2.45) is 0 Å². The Morgan fingerprint density at radius 2 is 1.78 bits per heavy atom. The summed E-state index contributed by atoms with van der Waals surface area (Å²) in [6, 6.07) is 5.12. The summed E-state index contributed by atoms with van der Waals surface area (Å²) in [5, 5.41) is 4.65. The number of anilines is 1. The van der Waals surface area contributed by atoms with Crippen molar-refractivity contribution in [3.05, 3.63) is 59.1 Å². The average molecular weight is 555 g/mol. The van der Waals surface area contributed by atoms with Gasteiger partial charge in [-0.1, -0.05) is 0 Å². The van der Waals surface area contributed by atoms with E-state index in [2.05, 4.69) is 20.3 Å².